The van der Waals surface area contributed by atoms with E-state index in [4.69, 9.17) is 5.73 Å². The normalized spacial score (nSPS) is 10.4. The van der Waals surface area contributed by atoms with Gasteiger partial charge in [-0.1, -0.05) is 6.92 Å². The third kappa shape index (κ3) is 1.95. The fourth-order valence-corrected chi connectivity index (χ4v) is 1.21. The van der Waals surface area contributed by atoms with E-state index >= 15 is 0 Å². The zero-order valence-corrected chi connectivity index (χ0v) is 8.08. The molecule has 2 N–H and O–H groups in total. The molecular weight excluding hydrogens is 166 g/mol. The summed E-state index contributed by atoms with van der Waals surface area (Å²) in [5.41, 5.74) is 6.86. The lowest BCUT2D eigenvalue weighted by atomic mass is 10.2. The van der Waals surface area contributed by atoms with Crippen molar-refractivity contribution in [2.45, 2.75) is 26.8 Å². The van der Waals surface area contributed by atoms with Gasteiger partial charge in [-0.15, -0.1) is 0 Å². The van der Waals surface area contributed by atoms with Crippen molar-refractivity contribution in [1.29, 1.82) is 0 Å². The van der Waals surface area contributed by atoms with Gasteiger partial charge in [0.1, 0.15) is 5.69 Å². The summed E-state index contributed by atoms with van der Waals surface area (Å²) in [5.74, 6) is -0.0472. The summed E-state index contributed by atoms with van der Waals surface area (Å²) >= 11 is 0. The zero-order chi connectivity index (χ0) is 9.84. The highest BCUT2D eigenvalue weighted by Gasteiger charge is 2.11. The van der Waals surface area contributed by atoms with Crippen LogP contribution in [-0.4, -0.2) is 22.1 Å². The van der Waals surface area contributed by atoms with E-state index in [1.165, 1.54) is 0 Å². The number of hydrogen-bond acceptors (Lipinski definition) is 3. The molecule has 0 fully saturated rings. The molecule has 0 radical (unpaired) electrons. The minimum Gasteiger partial charge on any atom is -0.324 e. The fraction of sp³-hybridized carbons (Fsp3) is 0.556. The van der Waals surface area contributed by atoms with Gasteiger partial charge in [-0.3, -0.25) is 9.48 Å². The Morgan fingerprint density at radius 1 is 1.62 bits per heavy atom. The number of Topliss-reactive ketones (excluding diaryl/α,β-unsaturated/α-hetero) is 1. The summed E-state index contributed by atoms with van der Waals surface area (Å²) in [6.45, 7) is 4.73. The Bertz CT molecular complexity index is 304. The number of nitrogens with zero attached hydrogens (tertiary/aromatic N) is 2. The maximum absolute atomic E-state index is 11.3. The topological polar surface area (TPSA) is 60.9 Å². The number of aryl methyl sites for hydroxylation is 2. The van der Waals surface area contributed by atoms with Gasteiger partial charge in [-0.05, 0) is 19.4 Å². The largest absolute Gasteiger partial charge is 0.324 e. The van der Waals surface area contributed by atoms with Gasteiger partial charge in [0.25, 0.3) is 0 Å². The third-order valence-electron chi connectivity index (χ3n) is 1.96. The van der Waals surface area contributed by atoms with Gasteiger partial charge in [0.15, 0.2) is 5.78 Å². The van der Waals surface area contributed by atoms with Crippen molar-refractivity contribution in [1.82, 2.24) is 9.78 Å². The van der Waals surface area contributed by atoms with Crippen LogP contribution < -0.4 is 5.73 Å². The smallest absolute Gasteiger partial charge is 0.194 e. The van der Waals surface area contributed by atoms with Gasteiger partial charge in [-0.2, -0.15) is 5.10 Å². The number of nitrogens with two attached hydrogens (primary N) is 1. The molecule has 4 heteroatoms. The molecule has 13 heavy (non-hydrogen) atoms. The van der Waals surface area contributed by atoms with E-state index in [0.29, 0.717) is 12.2 Å². The molecule has 0 saturated heterocycles. The van der Waals surface area contributed by atoms with Crippen LogP contribution in [0.15, 0.2) is 6.07 Å². The van der Waals surface area contributed by atoms with E-state index in [2.05, 4.69) is 5.10 Å². The molecule has 72 valence electrons. The summed E-state index contributed by atoms with van der Waals surface area (Å²) in [6.07, 6.45) is 0.845. The molecule has 1 aromatic rings. The Balaban J connectivity index is 3.03. The molecule has 1 heterocycles. The summed E-state index contributed by atoms with van der Waals surface area (Å²) < 4.78 is 1.70. The van der Waals surface area contributed by atoms with Crippen LogP contribution in [0.4, 0.5) is 0 Å². The first-order chi connectivity index (χ1) is 6.22. The molecule has 0 aromatic carbocycles. The summed E-state index contributed by atoms with van der Waals surface area (Å²) in [6, 6.07) is 1.82. The molecule has 0 aliphatic carbocycles. The molecule has 4 nitrogen and oxygen atoms in total. The minimum absolute atomic E-state index is 0.0472. The standard InChI is InChI=1S/C9H15N3O/c1-3-7-5-8(9(13)6-10)12(4-2)11-7/h5H,3-4,6,10H2,1-2H3. The van der Waals surface area contributed by atoms with Gasteiger partial charge < -0.3 is 5.73 Å². The van der Waals surface area contributed by atoms with Crippen molar-refractivity contribution >= 4 is 5.78 Å². The van der Waals surface area contributed by atoms with Gasteiger partial charge in [0.05, 0.1) is 12.2 Å². The number of carbonyl (C=O) groups is 1. The van der Waals surface area contributed by atoms with Crippen LogP contribution >= 0.6 is 0 Å². The van der Waals surface area contributed by atoms with Crippen LogP contribution in [0.3, 0.4) is 0 Å². The number of hydrogen-bond donors (Lipinski definition) is 1. The van der Waals surface area contributed by atoms with Crippen molar-refractivity contribution in [3.05, 3.63) is 17.5 Å². The van der Waals surface area contributed by atoms with Crippen LogP contribution in [0.25, 0.3) is 0 Å². The Morgan fingerprint density at radius 3 is 2.77 bits per heavy atom. The number of rotatable bonds is 4. The van der Waals surface area contributed by atoms with Gasteiger partial charge in [0.2, 0.25) is 0 Å². The second kappa shape index (κ2) is 4.18. The molecule has 0 aliphatic heterocycles. The highest BCUT2D eigenvalue weighted by molar-refractivity contribution is 5.96. The Labute approximate surface area is 77.7 Å². The Kier molecular flexibility index (Phi) is 3.19. The van der Waals surface area contributed by atoms with Crippen molar-refractivity contribution in [3.8, 4) is 0 Å². The first-order valence-corrected chi connectivity index (χ1v) is 4.52. The first-order valence-electron chi connectivity index (χ1n) is 4.52. The first kappa shape index (κ1) is 9.92. The van der Waals surface area contributed by atoms with Gasteiger partial charge in [-0.25, -0.2) is 0 Å². The van der Waals surface area contributed by atoms with Crippen LogP contribution in [0, 0.1) is 0 Å². The lowest BCUT2D eigenvalue weighted by Gasteiger charge is -2.00. The predicted octanol–water partition coefficient (Wildman–Crippen LogP) is 0.607. The number of ketones is 1. The molecule has 0 bridgehead atoms. The summed E-state index contributed by atoms with van der Waals surface area (Å²) in [5, 5.41) is 4.26. The van der Waals surface area contributed by atoms with Crippen LogP contribution in [0.2, 0.25) is 0 Å². The number of aromatic nitrogens is 2. The average molecular weight is 181 g/mol. The van der Waals surface area contributed by atoms with E-state index in [1.807, 2.05) is 19.9 Å². The summed E-state index contributed by atoms with van der Waals surface area (Å²) in [4.78, 5) is 11.3. The van der Waals surface area contributed by atoms with E-state index in [0.717, 1.165) is 12.1 Å². The second-order valence-electron chi connectivity index (χ2n) is 2.82. The monoisotopic (exact) mass is 181 g/mol. The van der Waals surface area contributed by atoms with E-state index < -0.39 is 0 Å². The van der Waals surface area contributed by atoms with Crippen LogP contribution in [-0.2, 0) is 13.0 Å². The van der Waals surface area contributed by atoms with Crippen molar-refractivity contribution < 1.29 is 4.79 Å². The molecule has 0 spiro atoms. The maximum Gasteiger partial charge on any atom is 0.194 e. The minimum atomic E-state index is -0.0472. The molecule has 0 unspecified atom stereocenters. The fourth-order valence-electron chi connectivity index (χ4n) is 1.21. The molecule has 0 atom stereocenters. The predicted molar refractivity (Wildman–Crippen MR) is 50.7 cm³/mol. The van der Waals surface area contributed by atoms with E-state index in [-0.39, 0.29) is 12.3 Å². The van der Waals surface area contributed by atoms with Crippen LogP contribution in [0.5, 0.6) is 0 Å². The quantitative estimate of drug-likeness (QED) is 0.692. The molecule has 0 aliphatic rings. The zero-order valence-electron chi connectivity index (χ0n) is 8.08. The number of carbonyl (C=O) groups excluding carboxylic acids is 1. The lowest BCUT2D eigenvalue weighted by Crippen LogP contribution is -2.18. The maximum atomic E-state index is 11.3. The molecule has 1 aromatic heterocycles. The SMILES string of the molecule is CCc1cc(C(=O)CN)n(CC)n1. The lowest BCUT2D eigenvalue weighted by molar-refractivity contribution is 0.0991. The van der Waals surface area contributed by atoms with Crippen molar-refractivity contribution in [3.63, 3.8) is 0 Å². The highest BCUT2D eigenvalue weighted by atomic mass is 16.1. The molecular formula is C9H15N3O. The van der Waals surface area contributed by atoms with Crippen molar-refractivity contribution in [2.24, 2.45) is 5.73 Å². The molecule has 1 rings (SSSR count). The summed E-state index contributed by atoms with van der Waals surface area (Å²) in [7, 11) is 0. The van der Waals surface area contributed by atoms with Gasteiger partial charge in [0, 0.05) is 6.54 Å². The second-order valence-corrected chi connectivity index (χ2v) is 2.82. The molecule has 0 amide bonds. The Hall–Kier alpha value is -1.16. The average Bonchev–Trinajstić information content (AvgIpc) is 2.59. The molecule has 0 saturated carbocycles. The highest BCUT2D eigenvalue weighted by Crippen LogP contribution is 2.05. The van der Waals surface area contributed by atoms with Gasteiger partial charge >= 0.3 is 0 Å². The Morgan fingerprint density at radius 2 is 2.31 bits per heavy atom. The van der Waals surface area contributed by atoms with E-state index in [9.17, 15) is 4.79 Å². The van der Waals surface area contributed by atoms with Crippen LogP contribution in [0.1, 0.15) is 30.0 Å². The van der Waals surface area contributed by atoms with Crippen molar-refractivity contribution in [2.75, 3.05) is 6.54 Å². The van der Waals surface area contributed by atoms with E-state index in [1.54, 1.807) is 4.68 Å². The third-order valence-corrected chi connectivity index (χ3v) is 1.96.